The van der Waals surface area contributed by atoms with Crippen molar-refractivity contribution in [2.75, 3.05) is 5.73 Å². The van der Waals surface area contributed by atoms with Gasteiger partial charge in [0.15, 0.2) is 0 Å². The van der Waals surface area contributed by atoms with Gasteiger partial charge in [-0.3, -0.25) is 0 Å². The van der Waals surface area contributed by atoms with Crippen molar-refractivity contribution >= 4 is 40.7 Å². The van der Waals surface area contributed by atoms with Crippen molar-refractivity contribution in [2.24, 2.45) is 0 Å². The lowest BCUT2D eigenvalue weighted by Crippen LogP contribution is -1.89. The standard InChI is InChI=1S/C15H9Cl3N2O/c16-9-5-8(6-10(17)7-9)14-13(15(19)21-20-14)11-3-1-2-4-12(11)18/h1-7H,19H2. The number of aromatic nitrogens is 1. The highest BCUT2D eigenvalue weighted by Gasteiger charge is 2.19. The Morgan fingerprint density at radius 2 is 1.62 bits per heavy atom. The Kier molecular flexibility index (Phi) is 3.81. The van der Waals surface area contributed by atoms with E-state index in [0.717, 1.165) is 5.56 Å². The van der Waals surface area contributed by atoms with Crippen LogP contribution in [-0.2, 0) is 0 Å². The van der Waals surface area contributed by atoms with Gasteiger partial charge in [-0.25, -0.2) is 0 Å². The van der Waals surface area contributed by atoms with Gasteiger partial charge in [0.2, 0.25) is 5.88 Å². The number of hydrogen-bond acceptors (Lipinski definition) is 3. The minimum Gasteiger partial charge on any atom is -0.367 e. The summed E-state index contributed by atoms with van der Waals surface area (Å²) in [6, 6.07) is 12.5. The molecule has 0 aliphatic carbocycles. The van der Waals surface area contributed by atoms with Crippen LogP contribution in [0, 0.1) is 0 Å². The van der Waals surface area contributed by atoms with Crippen molar-refractivity contribution < 1.29 is 4.52 Å². The zero-order valence-corrected chi connectivity index (χ0v) is 12.9. The molecule has 106 valence electrons. The van der Waals surface area contributed by atoms with Crippen molar-refractivity contribution in [3.05, 3.63) is 57.5 Å². The van der Waals surface area contributed by atoms with Crippen molar-refractivity contribution in [2.45, 2.75) is 0 Å². The summed E-state index contributed by atoms with van der Waals surface area (Å²) in [6.07, 6.45) is 0. The molecule has 2 aromatic carbocycles. The van der Waals surface area contributed by atoms with Crippen LogP contribution >= 0.6 is 34.8 Å². The second-order valence-corrected chi connectivity index (χ2v) is 5.69. The molecule has 0 aliphatic rings. The van der Waals surface area contributed by atoms with E-state index >= 15 is 0 Å². The van der Waals surface area contributed by atoms with E-state index in [4.69, 9.17) is 45.1 Å². The molecule has 0 saturated carbocycles. The molecule has 2 N–H and O–H groups in total. The van der Waals surface area contributed by atoms with E-state index in [1.165, 1.54) is 0 Å². The van der Waals surface area contributed by atoms with Crippen LogP contribution < -0.4 is 5.73 Å². The van der Waals surface area contributed by atoms with Crippen LogP contribution in [0.2, 0.25) is 15.1 Å². The largest absolute Gasteiger partial charge is 0.367 e. The first-order valence-electron chi connectivity index (χ1n) is 6.03. The predicted octanol–water partition coefficient (Wildman–Crippen LogP) is 5.55. The molecular weight excluding hydrogens is 331 g/mol. The van der Waals surface area contributed by atoms with Crippen molar-refractivity contribution in [1.29, 1.82) is 0 Å². The normalized spacial score (nSPS) is 10.8. The van der Waals surface area contributed by atoms with Crippen molar-refractivity contribution in [1.82, 2.24) is 5.16 Å². The Labute approximate surface area is 136 Å². The molecule has 0 fully saturated rings. The lowest BCUT2D eigenvalue weighted by atomic mass is 10.0. The van der Waals surface area contributed by atoms with E-state index in [9.17, 15) is 0 Å². The van der Waals surface area contributed by atoms with Crippen LogP contribution in [0.3, 0.4) is 0 Å². The molecule has 0 atom stereocenters. The predicted molar refractivity (Wildman–Crippen MR) is 86.8 cm³/mol. The molecule has 0 bridgehead atoms. The van der Waals surface area contributed by atoms with E-state index < -0.39 is 0 Å². The zero-order chi connectivity index (χ0) is 15.0. The Morgan fingerprint density at radius 3 is 2.29 bits per heavy atom. The fourth-order valence-corrected chi connectivity index (χ4v) is 2.87. The van der Waals surface area contributed by atoms with E-state index in [2.05, 4.69) is 5.16 Å². The van der Waals surface area contributed by atoms with Crippen molar-refractivity contribution in [3.8, 4) is 22.4 Å². The minimum absolute atomic E-state index is 0.189. The molecule has 3 aromatic rings. The van der Waals surface area contributed by atoms with Crippen LogP contribution in [0.5, 0.6) is 0 Å². The second-order valence-electron chi connectivity index (χ2n) is 4.41. The van der Waals surface area contributed by atoms with Crippen LogP contribution in [0.15, 0.2) is 47.0 Å². The lowest BCUT2D eigenvalue weighted by molar-refractivity contribution is 0.439. The van der Waals surface area contributed by atoms with Gasteiger partial charge in [-0.2, -0.15) is 0 Å². The number of nitrogen functional groups attached to an aromatic ring is 1. The third-order valence-electron chi connectivity index (χ3n) is 3.00. The number of hydrogen-bond donors (Lipinski definition) is 1. The molecule has 0 saturated heterocycles. The number of benzene rings is 2. The molecule has 0 aliphatic heterocycles. The molecule has 0 amide bonds. The Hall–Kier alpha value is -1.68. The third-order valence-corrected chi connectivity index (χ3v) is 3.76. The van der Waals surface area contributed by atoms with Crippen LogP contribution in [0.4, 0.5) is 5.88 Å². The number of nitrogens with two attached hydrogens (primary N) is 1. The molecular formula is C15H9Cl3N2O. The number of nitrogens with zero attached hydrogens (tertiary/aromatic N) is 1. The highest BCUT2D eigenvalue weighted by molar-refractivity contribution is 6.35. The van der Waals surface area contributed by atoms with Crippen molar-refractivity contribution in [3.63, 3.8) is 0 Å². The summed E-state index contributed by atoms with van der Waals surface area (Å²) in [5.74, 6) is 0.189. The maximum Gasteiger partial charge on any atom is 0.230 e. The van der Waals surface area contributed by atoms with Gasteiger partial charge in [-0.15, -0.1) is 0 Å². The van der Waals surface area contributed by atoms with E-state index in [1.54, 1.807) is 24.3 Å². The average Bonchev–Trinajstić information content (AvgIpc) is 2.80. The topological polar surface area (TPSA) is 52.0 Å². The Balaban J connectivity index is 2.24. The molecule has 6 heteroatoms. The third kappa shape index (κ3) is 2.72. The zero-order valence-electron chi connectivity index (χ0n) is 10.6. The molecule has 1 aromatic heterocycles. The van der Waals surface area contributed by atoms with Crippen LogP contribution in [0.25, 0.3) is 22.4 Å². The molecule has 0 radical (unpaired) electrons. The van der Waals surface area contributed by atoms with Gasteiger partial charge in [-0.05, 0) is 24.3 Å². The van der Waals surface area contributed by atoms with Gasteiger partial charge in [0.25, 0.3) is 0 Å². The first-order chi connectivity index (χ1) is 10.1. The van der Waals surface area contributed by atoms with Gasteiger partial charge < -0.3 is 10.3 Å². The Morgan fingerprint density at radius 1 is 0.952 bits per heavy atom. The molecule has 0 spiro atoms. The summed E-state index contributed by atoms with van der Waals surface area (Å²) < 4.78 is 5.12. The van der Waals surface area contributed by atoms with Crippen LogP contribution in [0.1, 0.15) is 0 Å². The Bertz CT molecular complexity index is 794. The smallest absolute Gasteiger partial charge is 0.230 e. The number of anilines is 1. The molecule has 1 heterocycles. The first-order valence-corrected chi connectivity index (χ1v) is 7.16. The summed E-state index contributed by atoms with van der Waals surface area (Å²) >= 11 is 18.3. The minimum atomic E-state index is 0.189. The summed E-state index contributed by atoms with van der Waals surface area (Å²) in [6.45, 7) is 0. The highest BCUT2D eigenvalue weighted by atomic mass is 35.5. The fraction of sp³-hybridized carbons (Fsp3) is 0. The SMILES string of the molecule is Nc1onc(-c2cc(Cl)cc(Cl)c2)c1-c1ccccc1Cl. The van der Waals surface area contributed by atoms with E-state index in [0.29, 0.717) is 31.9 Å². The molecule has 21 heavy (non-hydrogen) atoms. The molecule has 0 unspecified atom stereocenters. The second kappa shape index (κ2) is 5.60. The van der Waals surface area contributed by atoms with E-state index in [-0.39, 0.29) is 5.88 Å². The van der Waals surface area contributed by atoms with Crippen LogP contribution in [-0.4, -0.2) is 5.16 Å². The summed E-state index contributed by atoms with van der Waals surface area (Å²) in [7, 11) is 0. The monoisotopic (exact) mass is 338 g/mol. The van der Waals surface area contributed by atoms with Gasteiger partial charge in [0, 0.05) is 26.2 Å². The quantitative estimate of drug-likeness (QED) is 0.666. The molecule has 3 nitrogen and oxygen atoms in total. The maximum atomic E-state index is 6.23. The van der Waals surface area contributed by atoms with Gasteiger partial charge in [0.05, 0.1) is 5.56 Å². The molecule has 3 rings (SSSR count). The maximum absolute atomic E-state index is 6.23. The van der Waals surface area contributed by atoms with Gasteiger partial charge in [0.1, 0.15) is 5.69 Å². The average molecular weight is 340 g/mol. The summed E-state index contributed by atoms with van der Waals surface area (Å²) in [4.78, 5) is 0. The summed E-state index contributed by atoms with van der Waals surface area (Å²) in [5, 5.41) is 5.57. The van der Waals surface area contributed by atoms with Gasteiger partial charge >= 0.3 is 0 Å². The first kappa shape index (κ1) is 14.3. The highest BCUT2D eigenvalue weighted by Crippen LogP contribution is 2.40. The van der Waals surface area contributed by atoms with E-state index in [1.807, 2.05) is 18.2 Å². The fourth-order valence-electron chi connectivity index (χ4n) is 2.11. The lowest BCUT2D eigenvalue weighted by Gasteiger charge is -2.06. The number of halogens is 3. The number of rotatable bonds is 2. The summed E-state index contributed by atoms with van der Waals surface area (Å²) in [5.41, 5.74) is 8.52. The van der Waals surface area contributed by atoms with Gasteiger partial charge in [-0.1, -0.05) is 58.2 Å².